The third-order valence-corrected chi connectivity index (χ3v) is 2.34. The van der Waals surface area contributed by atoms with E-state index in [9.17, 15) is 4.79 Å². The van der Waals surface area contributed by atoms with Gasteiger partial charge in [-0.3, -0.25) is 4.99 Å². The second-order valence-electron chi connectivity index (χ2n) is 2.21. The van der Waals surface area contributed by atoms with Gasteiger partial charge in [-0.25, -0.2) is 4.79 Å². The van der Waals surface area contributed by atoms with Gasteiger partial charge in [-0.1, -0.05) is 0 Å². The summed E-state index contributed by atoms with van der Waals surface area (Å²) in [5.74, 6) is 0.435. The van der Waals surface area contributed by atoms with Crippen LogP contribution >= 0.6 is 11.8 Å². The second-order valence-corrected chi connectivity index (χ2v) is 3.51. The standard InChI is InChI=1S/C7H11NO2S/c1-3-10-7(9)6-4-11-5(2)8-6/h5H,3-4H2,1-2H3/t5-/m0/s1. The van der Waals surface area contributed by atoms with Crippen LogP contribution < -0.4 is 0 Å². The summed E-state index contributed by atoms with van der Waals surface area (Å²) in [5.41, 5.74) is 0.573. The molecular formula is C7H11NO2S. The first kappa shape index (κ1) is 8.59. The molecule has 0 aromatic rings. The molecule has 1 rings (SSSR count). The van der Waals surface area contributed by atoms with E-state index in [1.807, 2.05) is 6.92 Å². The molecule has 11 heavy (non-hydrogen) atoms. The van der Waals surface area contributed by atoms with Gasteiger partial charge in [0.05, 0.1) is 12.0 Å². The van der Waals surface area contributed by atoms with Gasteiger partial charge in [-0.2, -0.15) is 0 Å². The van der Waals surface area contributed by atoms with Gasteiger partial charge in [-0.15, -0.1) is 11.8 Å². The van der Waals surface area contributed by atoms with Crippen molar-refractivity contribution in [3.05, 3.63) is 0 Å². The molecule has 0 saturated carbocycles. The normalized spacial score (nSPS) is 23.1. The van der Waals surface area contributed by atoms with E-state index in [4.69, 9.17) is 4.74 Å². The minimum atomic E-state index is -0.260. The zero-order valence-electron chi connectivity index (χ0n) is 6.66. The van der Waals surface area contributed by atoms with Crippen LogP contribution in [0.15, 0.2) is 4.99 Å². The van der Waals surface area contributed by atoms with Crippen LogP contribution in [0.1, 0.15) is 13.8 Å². The minimum Gasteiger partial charge on any atom is -0.461 e. The molecule has 0 aliphatic carbocycles. The third kappa shape index (κ3) is 2.22. The Morgan fingerprint density at radius 2 is 2.64 bits per heavy atom. The minimum absolute atomic E-state index is 0.217. The molecule has 0 fully saturated rings. The summed E-state index contributed by atoms with van der Waals surface area (Å²) in [6.45, 7) is 4.19. The van der Waals surface area contributed by atoms with E-state index in [2.05, 4.69) is 4.99 Å². The molecule has 0 unspecified atom stereocenters. The molecule has 0 aromatic carbocycles. The van der Waals surface area contributed by atoms with Crippen LogP contribution in [-0.4, -0.2) is 29.4 Å². The van der Waals surface area contributed by atoms with Crippen molar-refractivity contribution in [1.29, 1.82) is 0 Å². The summed E-state index contributed by atoms with van der Waals surface area (Å²) >= 11 is 1.65. The largest absolute Gasteiger partial charge is 0.461 e. The monoisotopic (exact) mass is 173 g/mol. The molecule has 0 amide bonds. The number of ether oxygens (including phenoxy) is 1. The maximum atomic E-state index is 11.0. The molecular weight excluding hydrogens is 162 g/mol. The average molecular weight is 173 g/mol. The smallest absolute Gasteiger partial charge is 0.353 e. The van der Waals surface area contributed by atoms with Gasteiger partial charge in [0, 0.05) is 5.75 Å². The van der Waals surface area contributed by atoms with Gasteiger partial charge < -0.3 is 4.74 Å². The van der Waals surface area contributed by atoms with Crippen molar-refractivity contribution in [1.82, 2.24) is 0 Å². The van der Waals surface area contributed by atoms with E-state index in [1.54, 1.807) is 18.7 Å². The first-order valence-corrected chi connectivity index (χ1v) is 4.64. The SMILES string of the molecule is CCOC(=O)C1=N[C@H](C)SC1. The van der Waals surface area contributed by atoms with Gasteiger partial charge in [0.2, 0.25) is 0 Å². The first-order chi connectivity index (χ1) is 5.24. The number of carbonyl (C=O) groups is 1. The predicted molar refractivity (Wildman–Crippen MR) is 46.0 cm³/mol. The fourth-order valence-electron chi connectivity index (χ4n) is 0.820. The molecule has 1 aliphatic heterocycles. The van der Waals surface area contributed by atoms with Crippen molar-refractivity contribution in [2.45, 2.75) is 19.2 Å². The molecule has 0 saturated heterocycles. The quantitative estimate of drug-likeness (QED) is 0.586. The molecule has 0 bridgehead atoms. The van der Waals surface area contributed by atoms with Crippen LogP contribution in [0.5, 0.6) is 0 Å². The highest BCUT2D eigenvalue weighted by Gasteiger charge is 2.20. The predicted octanol–water partition coefficient (Wildman–Crippen LogP) is 1.08. The van der Waals surface area contributed by atoms with Crippen LogP contribution in [-0.2, 0) is 9.53 Å². The molecule has 1 atom stereocenters. The summed E-state index contributed by atoms with van der Waals surface area (Å²) < 4.78 is 4.79. The van der Waals surface area contributed by atoms with Gasteiger partial charge in [0.1, 0.15) is 5.71 Å². The topological polar surface area (TPSA) is 38.7 Å². The maximum absolute atomic E-state index is 11.0. The first-order valence-electron chi connectivity index (χ1n) is 3.59. The Morgan fingerprint density at radius 3 is 3.09 bits per heavy atom. The zero-order chi connectivity index (χ0) is 8.27. The second kappa shape index (κ2) is 3.76. The Morgan fingerprint density at radius 1 is 1.91 bits per heavy atom. The molecule has 1 aliphatic rings. The Labute approximate surface area is 70.2 Å². The van der Waals surface area contributed by atoms with E-state index >= 15 is 0 Å². The van der Waals surface area contributed by atoms with E-state index in [0.29, 0.717) is 18.1 Å². The van der Waals surface area contributed by atoms with Gasteiger partial charge in [-0.05, 0) is 13.8 Å². The fraction of sp³-hybridized carbons (Fsp3) is 0.714. The molecule has 0 aromatic heterocycles. The average Bonchev–Trinajstić information content (AvgIpc) is 2.36. The van der Waals surface area contributed by atoms with E-state index < -0.39 is 0 Å². The van der Waals surface area contributed by atoms with E-state index in [-0.39, 0.29) is 11.3 Å². The number of carbonyl (C=O) groups excluding carboxylic acids is 1. The Bertz CT molecular complexity index is 191. The Balaban J connectivity index is 2.48. The fourth-order valence-corrected chi connectivity index (χ4v) is 1.61. The summed E-state index contributed by atoms with van der Waals surface area (Å²) in [5, 5.41) is 0.217. The number of thioether (sulfide) groups is 1. The van der Waals surface area contributed by atoms with E-state index in [1.165, 1.54) is 0 Å². The number of aliphatic imine (C=N–C) groups is 1. The van der Waals surface area contributed by atoms with Crippen molar-refractivity contribution in [3.63, 3.8) is 0 Å². The zero-order valence-corrected chi connectivity index (χ0v) is 7.48. The highest BCUT2D eigenvalue weighted by Crippen LogP contribution is 2.19. The Kier molecular flexibility index (Phi) is 2.93. The van der Waals surface area contributed by atoms with Crippen LogP contribution in [0.25, 0.3) is 0 Å². The van der Waals surface area contributed by atoms with Gasteiger partial charge >= 0.3 is 5.97 Å². The number of esters is 1. The van der Waals surface area contributed by atoms with E-state index in [0.717, 1.165) is 0 Å². The third-order valence-electron chi connectivity index (χ3n) is 1.31. The highest BCUT2D eigenvalue weighted by molar-refractivity contribution is 8.01. The summed E-state index contributed by atoms with van der Waals surface area (Å²) in [4.78, 5) is 15.1. The van der Waals surface area contributed by atoms with Crippen molar-refractivity contribution in [3.8, 4) is 0 Å². The summed E-state index contributed by atoms with van der Waals surface area (Å²) in [6, 6.07) is 0. The lowest BCUT2D eigenvalue weighted by Crippen LogP contribution is -2.17. The van der Waals surface area contributed by atoms with Crippen molar-refractivity contribution < 1.29 is 9.53 Å². The molecule has 1 heterocycles. The Hall–Kier alpha value is -0.510. The van der Waals surface area contributed by atoms with Crippen molar-refractivity contribution >= 4 is 23.4 Å². The summed E-state index contributed by atoms with van der Waals surface area (Å²) in [6.07, 6.45) is 0. The van der Waals surface area contributed by atoms with Gasteiger partial charge in [0.15, 0.2) is 0 Å². The number of hydrogen-bond donors (Lipinski definition) is 0. The molecule has 0 N–H and O–H groups in total. The van der Waals surface area contributed by atoms with Crippen molar-refractivity contribution in [2.24, 2.45) is 4.99 Å². The van der Waals surface area contributed by atoms with Gasteiger partial charge in [0.25, 0.3) is 0 Å². The highest BCUT2D eigenvalue weighted by atomic mass is 32.2. The maximum Gasteiger partial charge on any atom is 0.353 e. The van der Waals surface area contributed by atoms with Crippen molar-refractivity contribution in [2.75, 3.05) is 12.4 Å². The number of rotatable bonds is 2. The van der Waals surface area contributed by atoms with Crippen LogP contribution in [0.2, 0.25) is 0 Å². The summed E-state index contributed by atoms with van der Waals surface area (Å²) in [7, 11) is 0. The number of hydrogen-bond acceptors (Lipinski definition) is 4. The lowest BCUT2D eigenvalue weighted by molar-refractivity contribution is -0.135. The van der Waals surface area contributed by atoms with Crippen LogP contribution in [0.3, 0.4) is 0 Å². The molecule has 3 nitrogen and oxygen atoms in total. The molecule has 4 heteroatoms. The number of nitrogens with zero attached hydrogens (tertiary/aromatic N) is 1. The molecule has 0 spiro atoms. The molecule has 62 valence electrons. The molecule has 0 radical (unpaired) electrons. The van der Waals surface area contributed by atoms with Crippen LogP contribution in [0, 0.1) is 0 Å². The van der Waals surface area contributed by atoms with Crippen LogP contribution in [0.4, 0.5) is 0 Å². The lowest BCUT2D eigenvalue weighted by Gasteiger charge is -1.97. The lowest BCUT2D eigenvalue weighted by atomic mass is 10.4.